The molecule has 3 nitrogen and oxygen atoms in total. The van der Waals surface area contributed by atoms with Crippen molar-refractivity contribution in [2.75, 3.05) is 20.3 Å². The Hall–Kier alpha value is -0.750. The van der Waals surface area contributed by atoms with Crippen molar-refractivity contribution in [3.8, 4) is 9.88 Å². The van der Waals surface area contributed by atoms with Crippen LogP contribution in [0.4, 0.5) is 0 Å². The predicted molar refractivity (Wildman–Crippen MR) is 69.0 cm³/mol. The summed E-state index contributed by atoms with van der Waals surface area (Å²) in [5.41, 5.74) is 1.10. The van der Waals surface area contributed by atoms with Gasteiger partial charge < -0.3 is 10.1 Å². The van der Waals surface area contributed by atoms with Crippen LogP contribution >= 0.6 is 22.7 Å². The SMILES string of the molecule is COCCNCc1csc(-c2cccs2)n1. The third-order valence-corrected chi connectivity index (χ3v) is 4.00. The largest absolute Gasteiger partial charge is 0.383 e. The minimum absolute atomic E-state index is 0.738. The summed E-state index contributed by atoms with van der Waals surface area (Å²) >= 11 is 3.43. The van der Waals surface area contributed by atoms with Crippen molar-refractivity contribution in [1.29, 1.82) is 0 Å². The quantitative estimate of drug-likeness (QED) is 0.805. The third-order valence-electron chi connectivity index (χ3n) is 2.07. The smallest absolute Gasteiger partial charge is 0.133 e. The summed E-state index contributed by atoms with van der Waals surface area (Å²) in [4.78, 5) is 5.82. The average Bonchev–Trinajstić information content (AvgIpc) is 2.94. The Morgan fingerprint density at radius 2 is 2.38 bits per heavy atom. The Morgan fingerprint density at radius 3 is 3.12 bits per heavy atom. The highest BCUT2D eigenvalue weighted by Gasteiger charge is 2.04. The van der Waals surface area contributed by atoms with E-state index in [2.05, 4.69) is 33.2 Å². The van der Waals surface area contributed by atoms with Crippen LogP contribution < -0.4 is 5.32 Å². The number of aromatic nitrogens is 1. The highest BCUT2D eigenvalue weighted by atomic mass is 32.1. The third kappa shape index (κ3) is 3.12. The van der Waals surface area contributed by atoms with Crippen LogP contribution in [-0.2, 0) is 11.3 Å². The fourth-order valence-corrected chi connectivity index (χ4v) is 2.93. The molecule has 0 aliphatic heterocycles. The van der Waals surface area contributed by atoms with Gasteiger partial charge in [0.1, 0.15) is 5.01 Å². The summed E-state index contributed by atoms with van der Waals surface area (Å²) in [5, 5.41) is 8.58. The molecule has 0 amide bonds. The van der Waals surface area contributed by atoms with Crippen molar-refractivity contribution in [3.05, 3.63) is 28.6 Å². The lowest BCUT2D eigenvalue weighted by atomic mass is 10.4. The molecular formula is C11H14N2OS2. The van der Waals surface area contributed by atoms with Gasteiger partial charge in [-0.1, -0.05) is 6.07 Å². The van der Waals surface area contributed by atoms with Crippen molar-refractivity contribution in [1.82, 2.24) is 10.3 Å². The van der Waals surface area contributed by atoms with E-state index < -0.39 is 0 Å². The van der Waals surface area contributed by atoms with E-state index >= 15 is 0 Å². The Morgan fingerprint density at radius 1 is 1.44 bits per heavy atom. The zero-order valence-corrected chi connectivity index (χ0v) is 10.7. The molecule has 0 bridgehead atoms. The number of thiazole rings is 1. The Balaban J connectivity index is 1.88. The molecule has 0 aliphatic carbocycles. The zero-order chi connectivity index (χ0) is 11.2. The van der Waals surface area contributed by atoms with Crippen LogP contribution in [0, 0.1) is 0 Å². The molecule has 2 rings (SSSR count). The summed E-state index contributed by atoms with van der Waals surface area (Å²) in [5.74, 6) is 0. The predicted octanol–water partition coefficient (Wildman–Crippen LogP) is 2.61. The van der Waals surface area contributed by atoms with Gasteiger partial charge >= 0.3 is 0 Å². The molecule has 0 radical (unpaired) electrons. The van der Waals surface area contributed by atoms with E-state index in [9.17, 15) is 0 Å². The maximum atomic E-state index is 4.97. The Kier molecular flexibility index (Phi) is 4.47. The van der Waals surface area contributed by atoms with Crippen molar-refractivity contribution in [2.45, 2.75) is 6.54 Å². The molecule has 0 atom stereocenters. The second-order valence-corrected chi connectivity index (χ2v) is 5.10. The lowest BCUT2D eigenvalue weighted by molar-refractivity contribution is 0.199. The molecule has 0 fully saturated rings. The van der Waals surface area contributed by atoms with E-state index in [0.717, 1.165) is 30.4 Å². The van der Waals surface area contributed by atoms with Gasteiger partial charge in [-0.3, -0.25) is 0 Å². The number of methoxy groups -OCH3 is 1. The summed E-state index contributed by atoms with van der Waals surface area (Å²) in [6.45, 7) is 2.41. The number of thiophene rings is 1. The first kappa shape index (κ1) is 11.7. The van der Waals surface area contributed by atoms with E-state index in [4.69, 9.17) is 4.74 Å². The molecule has 0 aromatic carbocycles. The second kappa shape index (κ2) is 6.10. The van der Waals surface area contributed by atoms with Gasteiger partial charge in [-0.15, -0.1) is 22.7 Å². The first-order chi connectivity index (χ1) is 7.90. The number of ether oxygens (including phenoxy) is 1. The van der Waals surface area contributed by atoms with Gasteiger partial charge in [-0.2, -0.15) is 0 Å². The summed E-state index contributed by atoms with van der Waals surface area (Å²) in [6.07, 6.45) is 0. The van der Waals surface area contributed by atoms with Gasteiger partial charge in [0.25, 0.3) is 0 Å². The molecule has 1 N–H and O–H groups in total. The summed E-state index contributed by atoms with van der Waals surface area (Å²) < 4.78 is 4.97. The minimum atomic E-state index is 0.738. The summed E-state index contributed by atoms with van der Waals surface area (Å²) in [7, 11) is 1.71. The van der Waals surface area contributed by atoms with Crippen LogP contribution in [0.1, 0.15) is 5.69 Å². The maximum Gasteiger partial charge on any atom is 0.133 e. The molecule has 2 heterocycles. The standard InChI is InChI=1S/C11H14N2OS2/c1-14-5-4-12-7-9-8-16-11(13-9)10-3-2-6-15-10/h2-3,6,8,12H,4-5,7H2,1H3. The van der Waals surface area contributed by atoms with Gasteiger partial charge in [0.05, 0.1) is 17.2 Å². The Bertz CT molecular complexity index is 411. The van der Waals surface area contributed by atoms with Gasteiger partial charge in [0.2, 0.25) is 0 Å². The van der Waals surface area contributed by atoms with Crippen LogP contribution in [0.3, 0.4) is 0 Å². The molecule has 0 spiro atoms. The number of hydrogen-bond acceptors (Lipinski definition) is 5. The van der Waals surface area contributed by atoms with Gasteiger partial charge in [-0.05, 0) is 11.4 Å². The van der Waals surface area contributed by atoms with E-state index in [-0.39, 0.29) is 0 Å². The maximum absolute atomic E-state index is 4.97. The zero-order valence-electron chi connectivity index (χ0n) is 9.10. The first-order valence-corrected chi connectivity index (χ1v) is 6.84. The first-order valence-electron chi connectivity index (χ1n) is 5.08. The van der Waals surface area contributed by atoms with Gasteiger partial charge in [0.15, 0.2) is 0 Å². The monoisotopic (exact) mass is 254 g/mol. The van der Waals surface area contributed by atoms with Gasteiger partial charge in [0, 0.05) is 25.6 Å². The molecule has 5 heteroatoms. The normalized spacial score (nSPS) is 10.8. The fourth-order valence-electron chi connectivity index (χ4n) is 1.29. The number of hydrogen-bond donors (Lipinski definition) is 1. The molecule has 0 unspecified atom stereocenters. The molecule has 2 aromatic rings. The molecule has 16 heavy (non-hydrogen) atoms. The van der Waals surface area contributed by atoms with E-state index in [1.807, 2.05) is 0 Å². The molecule has 2 aromatic heterocycles. The molecule has 0 aliphatic rings. The molecular weight excluding hydrogens is 240 g/mol. The number of nitrogens with one attached hydrogen (secondary N) is 1. The lowest BCUT2D eigenvalue weighted by Gasteiger charge is -2.00. The van der Waals surface area contributed by atoms with Crippen molar-refractivity contribution < 1.29 is 4.74 Å². The van der Waals surface area contributed by atoms with Gasteiger partial charge in [-0.25, -0.2) is 4.98 Å². The van der Waals surface area contributed by atoms with Crippen LogP contribution in [-0.4, -0.2) is 25.2 Å². The van der Waals surface area contributed by atoms with E-state index in [0.29, 0.717) is 0 Å². The van der Waals surface area contributed by atoms with E-state index in [1.54, 1.807) is 29.8 Å². The number of rotatable bonds is 6. The van der Waals surface area contributed by atoms with Crippen LogP contribution in [0.2, 0.25) is 0 Å². The highest BCUT2D eigenvalue weighted by Crippen LogP contribution is 2.27. The van der Waals surface area contributed by atoms with E-state index in [1.165, 1.54) is 4.88 Å². The fraction of sp³-hybridized carbons (Fsp3) is 0.364. The van der Waals surface area contributed by atoms with Crippen LogP contribution in [0.25, 0.3) is 9.88 Å². The van der Waals surface area contributed by atoms with Crippen molar-refractivity contribution in [2.24, 2.45) is 0 Å². The average molecular weight is 254 g/mol. The minimum Gasteiger partial charge on any atom is -0.383 e. The van der Waals surface area contributed by atoms with Crippen molar-refractivity contribution >= 4 is 22.7 Å². The Labute approximate surface area is 103 Å². The highest BCUT2D eigenvalue weighted by molar-refractivity contribution is 7.20. The van der Waals surface area contributed by atoms with Crippen molar-refractivity contribution in [3.63, 3.8) is 0 Å². The lowest BCUT2D eigenvalue weighted by Crippen LogP contribution is -2.18. The second-order valence-electron chi connectivity index (χ2n) is 3.29. The molecule has 86 valence electrons. The van der Waals surface area contributed by atoms with Crippen LogP contribution in [0.15, 0.2) is 22.9 Å². The molecule has 0 saturated carbocycles. The molecule has 0 saturated heterocycles. The topological polar surface area (TPSA) is 34.1 Å². The summed E-state index contributed by atoms with van der Waals surface area (Å²) in [6, 6.07) is 4.16. The number of nitrogens with zero attached hydrogens (tertiary/aromatic N) is 1. The van der Waals surface area contributed by atoms with Crippen LogP contribution in [0.5, 0.6) is 0 Å².